The van der Waals surface area contributed by atoms with E-state index in [2.05, 4.69) is 84.6 Å². The largest absolute Gasteiger partial charge is 0.381 e. The monoisotopic (exact) mass is 419 g/mol. The Balaban J connectivity index is 1.75. The number of rotatable bonds is 1. The molecule has 0 atom stereocenters. The first kappa shape index (κ1) is 18.4. The van der Waals surface area contributed by atoms with Crippen molar-refractivity contribution >= 4 is 49.0 Å². The van der Waals surface area contributed by atoms with E-state index >= 15 is 0 Å². The Kier molecular flexibility index (Phi) is 3.70. The summed E-state index contributed by atoms with van der Waals surface area (Å²) in [5, 5.41) is 6.76. The number of benzene rings is 3. The molecule has 0 aliphatic carbocycles. The molecule has 0 unspecified atom stereocenters. The normalized spacial score (nSPS) is 15.8. The number of nitrogens with zero attached hydrogens (tertiary/aromatic N) is 2. The minimum atomic E-state index is 0.589. The van der Waals surface area contributed by atoms with Crippen molar-refractivity contribution in [3.8, 4) is 0 Å². The summed E-state index contributed by atoms with van der Waals surface area (Å²) in [6, 6.07) is 18.6. The van der Waals surface area contributed by atoms with Gasteiger partial charge in [0.1, 0.15) is 7.05 Å². The Morgan fingerprint density at radius 1 is 0.906 bits per heavy atom. The molecule has 1 fully saturated rings. The Labute approximate surface area is 187 Å². The Hall–Kier alpha value is -3.17. The Morgan fingerprint density at radius 2 is 1.75 bits per heavy atom. The summed E-state index contributed by atoms with van der Waals surface area (Å²) in [5.41, 5.74) is 9.51. The van der Waals surface area contributed by atoms with Gasteiger partial charge >= 0.3 is 0 Å². The van der Waals surface area contributed by atoms with E-state index in [-0.39, 0.29) is 0 Å². The van der Waals surface area contributed by atoms with Crippen LogP contribution in [0.15, 0.2) is 54.7 Å². The summed E-state index contributed by atoms with van der Waals surface area (Å²) in [7, 11) is 2.18. The Bertz CT molecular complexity index is 1690. The van der Waals surface area contributed by atoms with Crippen LogP contribution in [0.25, 0.3) is 49.0 Å². The van der Waals surface area contributed by atoms with E-state index in [0.29, 0.717) is 5.92 Å². The average molecular weight is 420 g/mol. The zero-order chi connectivity index (χ0) is 21.6. The molecule has 0 spiro atoms. The van der Waals surface area contributed by atoms with Crippen LogP contribution in [0, 0.1) is 13.8 Å². The smallest absolute Gasteiger partial charge is 0.224 e. The summed E-state index contributed by atoms with van der Waals surface area (Å²) in [6.45, 7) is 6.28. The van der Waals surface area contributed by atoms with Crippen LogP contribution in [0.3, 0.4) is 0 Å². The molecule has 0 N–H and O–H groups in total. The zero-order valence-electron chi connectivity index (χ0n) is 18.9. The number of hydrogen-bond acceptors (Lipinski definition) is 1. The van der Waals surface area contributed by atoms with E-state index in [1.54, 1.807) is 0 Å². The van der Waals surface area contributed by atoms with Crippen LogP contribution >= 0.6 is 0 Å². The van der Waals surface area contributed by atoms with Crippen LogP contribution in [0.5, 0.6) is 0 Å². The molecule has 158 valence electrons. The summed E-state index contributed by atoms with van der Waals surface area (Å²) in [6.07, 6.45) is 4.43. The highest BCUT2D eigenvalue weighted by Crippen LogP contribution is 2.42. The van der Waals surface area contributed by atoms with Gasteiger partial charge in [-0.2, -0.15) is 0 Å². The highest BCUT2D eigenvalue weighted by atomic mass is 16.5. The van der Waals surface area contributed by atoms with Crippen molar-refractivity contribution in [2.45, 2.75) is 32.6 Å². The second kappa shape index (κ2) is 6.43. The Morgan fingerprint density at radius 3 is 2.59 bits per heavy atom. The second-order valence-corrected chi connectivity index (χ2v) is 9.60. The van der Waals surface area contributed by atoms with Crippen LogP contribution in [0.2, 0.25) is 0 Å². The van der Waals surface area contributed by atoms with Gasteiger partial charge in [0.15, 0.2) is 6.20 Å². The number of aryl methyl sites for hydroxylation is 3. The van der Waals surface area contributed by atoms with E-state index < -0.39 is 0 Å². The van der Waals surface area contributed by atoms with Crippen LogP contribution in [-0.4, -0.2) is 17.6 Å². The van der Waals surface area contributed by atoms with Crippen molar-refractivity contribution in [2.75, 3.05) is 13.2 Å². The number of fused-ring (bicyclic) bond motifs is 5. The van der Waals surface area contributed by atoms with E-state index in [1.807, 2.05) is 0 Å². The molecule has 7 rings (SSSR count). The molecule has 3 aromatic carbocycles. The fourth-order valence-corrected chi connectivity index (χ4v) is 6.13. The van der Waals surface area contributed by atoms with Crippen molar-refractivity contribution in [3.63, 3.8) is 0 Å². The van der Waals surface area contributed by atoms with Gasteiger partial charge in [0.25, 0.3) is 0 Å². The van der Waals surface area contributed by atoms with E-state index in [0.717, 1.165) is 26.1 Å². The molecule has 1 aliphatic heterocycles. The molecule has 3 heteroatoms. The van der Waals surface area contributed by atoms with E-state index in [4.69, 9.17) is 4.74 Å². The van der Waals surface area contributed by atoms with Crippen molar-refractivity contribution in [3.05, 3.63) is 71.4 Å². The molecule has 1 aliphatic rings. The summed E-state index contributed by atoms with van der Waals surface area (Å²) < 4.78 is 10.5. The molecule has 32 heavy (non-hydrogen) atoms. The van der Waals surface area contributed by atoms with Gasteiger partial charge in [-0.25, -0.2) is 4.57 Å². The molecule has 0 radical (unpaired) electrons. The van der Waals surface area contributed by atoms with Gasteiger partial charge in [0.05, 0.1) is 27.3 Å². The highest BCUT2D eigenvalue weighted by molar-refractivity contribution is 6.26. The fraction of sp³-hybridized carbons (Fsp3) is 0.276. The molecule has 3 nitrogen and oxygen atoms in total. The second-order valence-electron chi connectivity index (χ2n) is 9.60. The predicted molar refractivity (Wildman–Crippen MR) is 132 cm³/mol. The third-order valence-corrected chi connectivity index (χ3v) is 7.91. The number of ether oxygens (including phenoxy) is 1. The maximum absolute atomic E-state index is 5.63. The minimum Gasteiger partial charge on any atom is -0.381 e. The standard InChI is InChI=1S/C29H27N2O/c1-17-15-23-22-8-7-21(19-10-13-32-14-11-19)16-25(22)31-24-6-4-5-20-9-12-30(3)29(27(20)24)26(18(17)2)28(23)31/h4-9,12,15-16,19H,10-11,13-14H2,1-3H3/q+1. The maximum Gasteiger partial charge on any atom is 0.224 e. The number of aromatic nitrogens is 2. The van der Waals surface area contributed by atoms with Gasteiger partial charge in [-0.05, 0) is 72.9 Å². The quantitative estimate of drug-likeness (QED) is 0.173. The zero-order valence-corrected chi connectivity index (χ0v) is 18.9. The van der Waals surface area contributed by atoms with E-state index in [9.17, 15) is 0 Å². The van der Waals surface area contributed by atoms with Crippen molar-refractivity contribution in [1.29, 1.82) is 0 Å². The molecule has 0 amide bonds. The van der Waals surface area contributed by atoms with Crippen molar-refractivity contribution in [2.24, 2.45) is 7.05 Å². The third kappa shape index (κ3) is 2.27. The number of hydrogen-bond donors (Lipinski definition) is 0. The molecular weight excluding hydrogens is 392 g/mol. The van der Waals surface area contributed by atoms with Gasteiger partial charge in [-0.1, -0.05) is 24.3 Å². The van der Waals surface area contributed by atoms with Gasteiger partial charge in [0.2, 0.25) is 5.52 Å². The first-order chi connectivity index (χ1) is 15.6. The molecule has 4 heterocycles. The van der Waals surface area contributed by atoms with Crippen molar-refractivity contribution < 1.29 is 9.30 Å². The van der Waals surface area contributed by atoms with Gasteiger partial charge in [-0.3, -0.25) is 0 Å². The number of pyridine rings is 2. The maximum atomic E-state index is 5.63. The van der Waals surface area contributed by atoms with Crippen molar-refractivity contribution in [1.82, 2.24) is 4.40 Å². The van der Waals surface area contributed by atoms with Gasteiger partial charge in [0, 0.05) is 30.1 Å². The van der Waals surface area contributed by atoms with E-state index in [1.165, 1.54) is 65.7 Å². The fourth-order valence-electron chi connectivity index (χ4n) is 6.13. The summed E-state index contributed by atoms with van der Waals surface area (Å²) in [4.78, 5) is 0. The lowest BCUT2D eigenvalue weighted by atomic mass is 9.91. The molecule has 6 aromatic rings. The average Bonchev–Trinajstić information content (AvgIpc) is 3.14. The lowest BCUT2D eigenvalue weighted by Crippen LogP contribution is -2.29. The predicted octanol–water partition coefficient (Wildman–Crippen LogP) is 6.33. The topological polar surface area (TPSA) is 17.5 Å². The van der Waals surface area contributed by atoms with Gasteiger partial charge < -0.3 is 9.14 Å². The van der Waals surface area contributed by atoms with Crippen LogP contribution in [-0.2, 0) is 11.8 Å². The lowest BCUT2D eigenvalue weighted by Gasteiger charge is -2.22. The minimum absolute atomic E-state index is 0.589. The first-order valence-corrected chi connectivity index (χ1v) is 11.7. The van der Waals surface area contributed by atoms with Gasteiger partial charge in [-0.15, -0.1) is 0 Å². The molecular formula is C29H27N2O+. The van der Waals surface area contributed by atoms with Crippen LogP contribution in [0.1, 0.15) is 35.4 Å². The first-order valence-electron chi connectivity index (χ1n) is 11.7. The van der Waals surface area contributed by atoms with Crippen LogP contribution < -0.4 is 4.57 Å². The van der Waals surface area contributed by atoms with Crippen LogP contribution in [0.4, 0.5) is 0 Å². The summed E-state index contributed by atoms with van der Waals surface area (Å²) >= 11 is 0. The molecule has 1 saturated heterocycles. The summed E-state index contributed by atoms with van der Waals surface area (Å²) in [5.74, 6) is 0.589. The molecule has 0 bridgehead atoms. The molecule has 3 aromatic heterocycles. The highest BCUT2D eigenvalue weighted by Gasteiger charge is 2.25. The molecule has 0 saturated carbocycles. The third-order valence-electron chi connectivity index (χ3n) is 7.91. The SMILES string of the molecule is Cc1cc2c3ccc(C4CCOCC4)cc3n3c4cccc5cc[n+](C)c(c(c1C)c23)c54. The lowest BCUT2D eigenvalue weighted by molar-refractivity contribution is -0.643.